The quantitative estimate of drug-likeness (QED) is 0.172. The van der Waals surface area contributed by atoms with Crippen LogP contribution in [0.1, 0.15) is 0 Å². The van der Waals surface area contributed by atoms with Gasteiger partial charge in [0, 0.05) is 42.6 Å². The van der Waals surface area contributed by atoms with Gasteiger partial charge < -0.3 is 4.57 Å². The summed E-state index contributed by atoms with van der Waals surface area (Å²) in [5, 5.41) is 7.43. The zero-order valence-corrected chi connectivity index (χ0v) is 31.6. The molecule has 0 aliphatic heterocycles. The lowest BCUT2D eigenvalue weighted by Gasteiger charge is -2.15. The Balaban J connectivity index is 1.19. The van der Waals surface area contributed by atoms with E-state index in [1.165, 1.54) is 69.6 Å². The Hall–Kier alpha value is -7.27. The Kier molecular flexibility index (Phi) is 7.10. The summed E-state index contributed by atoms with van der Waals surface area (Å²) in [6, 6.07) is 72.4. The normalized spacial score (nSPS) is 11.9. The van der Waals surface area contributed by atoms with Crippen LogP contribution in [0.3, 0.4) is 0 Å². The second kappa shape index (κ2) is 12.6. The lowest BCUT2D eigenvalue weighted by Crippen LogP contribution is -2.02. The van der Waals surface area contributed by atoms with Crippen molar-refractivity contribution in [2.45, 2.75) is 0 Å². The molecule has 8 aromatic carbocycles. The molecule has 0 saturated carbocycles. The SMILES string of the molecule is c1ccc(-c2ccc(-c3cc(-c4ccccc4)nc(-n4c5ccccc5c5ccc6c7ccccc7n(-c7cccc8c7sc7ccccc78)c6c54)c3)cc2)cc1. The topological polar surface area (TPSA) is 22.8 Å². The van der Waals surface area contributed by atoms with Gasteiger partial charge in [0.15, 0.2) is 0 Å². The molecule has 0 unspecified atom stereocenters. The number of thiophene rings is 1. The molecule has 0 radical (unpaired) electrons. The van der Waals surface area contributed by atoms with Crippen molar-refractivity contribution in [1.82, 2.24) is 14.1 Å². The minimum atomic E-state index is 0.883. The van der Waals surface area contributed by atoms with Crippen molar-refractivity contribution in [2.75, 3.05) is 0 Å². The number of nitrogens with zero attached hydrogens (tertiary/aromatic N) is 3. The van der Waals surface area contributed by atoms with E-state index in [-0.39, 0.29) is 0 Å². The van der Waals surface area contributed by atoms with Crippen LogP contribution in [0.25, 0.3) is 109 Å². The molecular weight excluding hydrogens is 711 g/mol. The number of hydrogen-bond acceptors (Lipinski definition) is 2. The van der Waals surface area contributed by atoms with Crippen LogP contribution in [0.5, 0.6) is 0 Å². The van der Waals surface area contributed by atoms with Crippen molar-refractivity contribution < 1.29 is 0 Å². The third-order valence-electron chi connectivity index (χ3n) is 11.5. The van der Waals surface area contributed by atoms with Gasteiger partial charge in [0.05, 0.1) is 38.1 Å². The lowest BCUT2D eigenvalue weighted by molar-refractivity contribution is 1.08. The molecule has 57 heavy (non-hydrogen) atoms. The smallest absolute Gasteiger partial charge is 0.138 e. The number of pyridine rings is 1. The van der Waals surface area contributed by atoms with E-state index in [0.29, 0.717) is 0 Å². The number of hydrogen-bond donors (Lipinski definition) is 0. The van der Waals surface area contributed by atoms with Gasteiger partial charge in [0.2, 0.25) is 0 Å². The van der Waals surface area contributed by atoms with Gasteiger partial charge in [-0.25, -0.2) is 4.98 Å². The molecular formula is C53H33N3S. The van der Waals surface area contributed by atoms with Crippen LogP contribution in [0, 0.1) is 0 Å². The fraction of sp³-hybridized carbons (Fsp3) is 0. The molecule has 0 fully saturated rings. The second-order valence-corrected chi connectivity index (χ2v) is 15.8. The molecule has 4 aromatic heterocycles. The van der Waals surface area contributed by atoms with E-state index in [1.54, 1.807) is 0 Å². The highest BCUT2D eigenvalue weighted by Gasteiger charge is 2.23. The Morgan fingerprint density at radius 2 is 0.877 bits per heavy atom. The van der Waals surface area contributed by atoms with Crippen molar-refractivity contribution in [3.8, 4) is 45.0 Å². The average Bonchev–Trinajstić information content (AvgIpc) is 3.95. The zero-order chi connectivity index (χ0) is 37.5. The standard InChI is InChI=1S/C53H33N3S/c1-3-14-34(15-4-1)35-26-28-36(29-27-35)38-32-45(37-16-5-2-6-17-37)54-50(33-38)56-47-23-11-8-19-40(47)43-31-30-42-39-18-7-10-22-46(39)55(51(42)52(43)56)48-24-13-21-44-41-20-9-12-25-49(41)57-53(44)48/h1-33H. The van der Waals surface area contributed by atoms with Gasteiger partial charge in [-0.15, -0.1) is 11.3 Å². The van der Waals surface area contributed by atoms with Crippen LogP contribution in [0.15, 0.2) is 200 Å². The fourth-order valence-corrected chi connectivity index (χ4v) is 10.1. The van der Waals surface area contributed by atoms with Gasteiger partial charge in [-0.3, -0.25) is 4.57 Å². The molecule has 12 aromatic rings. The van der Waals surface area contributed by atoms with Crippen LogP contribution in [-0.4, -0.2) is 14.1 Å². The highest BCUT2D eigenvalue weighted by Crippen LogP contribution is 2.45. The molecule has 12 rings (SSSR count). The van der Waals surface area contributed by atoms with Gasteiger partial charge >= 0.3 is 0 Å². The molecule has 4 heterocycles. The highest BCUT2D eigenvalue weighted by atomic mass is 32.1. The van der Waals surface area contributed by atoms with Gasteiger partial charge in [-0.2, -0.15) is 0 Å². The molecule has 0 spiro atoms. The van der Waals surface area contributed by atoms with Gasteiger partial charge in [0.1, 0.15) is 5.82 Å². The molecule has 3 nitrogen and oxygen atoms in total. The Bertz CT molecular complexity index is 3500. The van der Waals surface area contributed by atoms with Crippen molar-refractivity contribution in [3.05, 3.63) is 200 Å². The third-order valence-corrected chi connectivity index (χ3v) is 12.7. The monoisotopic (exact) mass is 743 g/mol. The van der Waals surface area contributed by atoms with Crippen molar-refractivity contribution in [1.29, 1.82) is 0 Å². The number of aromatic nitrogens is 3. The summed E-state index contributed by atoms with van der Waals surface area (Å²) < 4.78 is 7.52. The highest BCUT2D eigenvalue weighted by molar-refractivity contribution is 7.26. The maximum Gasteiger partial charge on any atom is 0.138 e. The third kappa shape index (κ3) is 4.94. The largest absolute Gasteiger partial charge is 0.306 e. The Morgan fingerprint density at radius 1 is 0.351 bits per heavy atom. The molecule has 0 saturated heterocycles. The first-order chi connectivity index (χ1) is 28.3. The minimum Gasteiger partial charge on any atom is -0.306 e. The second-order valence-electron chi connectivity index (χ2n) is 14.7. The summed E-state index contributed by atoms with van der Waals surface area (Å²) in [5.74, 6) is 0.883. The molecule has 0 bridgehead atoms. The summed E-state index contributed by atoms with van der Waals surface area (Å²) >= 11 is 1.87. The molecule has 0 aliphatic rings. The van der Waals surface area contributed by atoms with E-state index in [2.05, 4.69) is 209 Å². The van der Waals surface area contributed by atoms with Crippen molar-refractivity contribution in [3.63, 3.8) is 0 Å². The van der Waals surface area contributed by atoms with Crippen LogP contribution in [-0.2, 0) is 0 Å². The van der Waals surface area contributed by atoms with Gasteiger partial charge in [0.25, 0.3) is 0 Å². The summed E-state index contributed by atoms with van der Waals surface area (Å²) in [6.07, 6.45) is 0. The maximum atomic E-state index is 5.53. The predicted octanol–water partition coefficient (Wildman–Crippen LogP) is 14.6. The van der Waals surface area contributed by atoms with E-state index in [4.69, 9.17) is 4.98 Å². The maximum absolute atomic E-state index is 5.53. The summed E-state index contributed by atoms with van der Waals surface area (Å²) in [5.41, 5.74) is 12.5. The van der Waals surface area contributed by atoms with Crippen LogP contribution >= 0.6 is 11.3 Å². The van der Waals surface area contributed by atoms with E-state index in [9.17, 15) is 0 Å². The van der Waals surface area contributed by atoms with Crippen molar-refractivity contribution >= 4 is 75.1 Å². The molecule has 0 N–H and O–H groups in total. The average molecular weight is 744 g/mol. The lowest BCUT2D eigenvalue weighted by atomic mass is 9.99. The first-order valence-electron chi connectivity index (χ1n) is 19.4. The summed E-state index contributed by atoms with van der Waals surface area (Å²) in [7, 11) is 0. The Morgan fingerprint density at radius 3 is 1.58 bits per heavy atom. The van der Waals surface area contributed by atoms with E-state index < -0.39 is 0 Å². The molecule has 0 aliphatic carbocycles. The van der Waals surface area contributed by atoms with E-state index >= 15 is 0 Å². The van der Waals surface area contributed by atoms with Gasteiger partial charge in [-0.1, -0.05) is 164 Å². The van der Waals surface area contributed by atoms with Crippen LogP contribution < -0.4 is 0 Å². The predicted molar refractivity (Wildman–Crippen MR) is 242 cm³/mol. The summed E-state index contributed by atoms with van der Waals surface area (Å²) in [6.45, 7) is 0. The molecule has 0 amide bonds. The van der Waals surface area contributed by atoms with Gasteiger partial charge in [-0.05, 0) is 58.7 Å². The first-order valence-corrected chi connectivity index (χ1v) is 20.2. The van der Waals surface area contributed by atoms with Crippen molar-refractivity contribution in [2.24, 2.45) is 0 Å². The number of para-hydroxylation sites is 2. The number of fused-ring (bicyclic) bond motifs is 10. The minimum absolute atomic E-state index is 0.883. The fourth-order valence-electron chi connectivity index (χ4n) is 8.94. The molecule has 4 heteroatoms. The zero-order valence-electron chi connectivity index (χ0n) is 30.8. The van der Waals surface area contributed by atoms with E-state index in [0.717, 1.165) is 39.2 Å². The number of rotatable bonds is 5. The molecule has 266 valence electrons. The van der Waals surface area contributed by atoms with Crippen LogP contribution in [0.2, 0.25) is 0 Å². The summed E-state index contributed by atoms with van der Waals surface area (Å²) in [4.78, 5) is 5.53. The molecule has 0 atom stereocenters. The first kappa shape index (κ1) is 32.0. The Labute approximate surface area is 333 Å². The van der Waals surface area contributed by atoms with Crippen LogP contribution in [0.4, 0.5) is 0 Å². The number of benzene rings is 8. The van der Waals surface area contributed by atoms with E-state index in [1.807, 2.05) is 11.3 Å².